The Bertz CT molecular complexity index is 714. The van der Waals surface area contributed by atoms with E-state index in [0.29, 0.717) is 33.4 Å². The van der Waals surface area contributed by atoms with Gasteiger partial charge in [0.05, 0.1) is 17.3 Å². The third-order valence-electron chi connectivity index (χ3n) is 2.58. The highest BCUT2D eigenvalue weighted by Gasteiger charge is 2.10. The molecule has 0 atom stereocenters. The maximum absolute atomic E-state index is 12.1. The van der Waals surface area contributed by atoms with Crippen molar-refractivity contribution in [2.45, 2.75) is 6.42 Å². The summed E-state index contributed by atoms with van der Waals surface area (Å²) < 4.78 is 0. The van der Waals surface area contributed by atoms with E-state index in [1.807, 2.05) is 0 Å². The van der Waals surface area contributed by atoms with Crippen LogP contribution in [0.15, 0.2) is 30.5 Å². The average molecular weight is 323 g/mol. The molecule has 0 unspecified atom stereocenters. The number of aromatic nitrogens is 1. The standard InChI is InChI=1S/C15H12Cl2N2O2/c16-11-4-5-13(10(7-11)3-1-2-6-20)19-15(21)14-8-12(17)9-18-14/h4-5,7-9,18,20H,2,6H2,(H,19,21). The van der Waals surface area contributed by atoms with E-state index in [2.05, 4.69) is 22.1 Å². The number of H-pyrrole nitrogens is 1. The highest BCUT2D eigenvalue weighted by atomic mass is 35.5. The Kier molecular flexibility index (Phi) is 5.29. The second-order valence-electron chi connectivity index (χ2n) is 4.15. The molecule has 0 saturated heterocycles. The van der Waals surface area contributed by atoms with Crippen LogP contribution in [0, 0.1) is 11.8 Å². The number of aromatic amines is 1. The molecule has 0 aliphatic carbocycles. The van der Waals surface area contributed by atoms with Crippen LogP contribution in [0.2, 0.25) is 10.0 Å². The average Bonchev–Trinajstić information content (AvgIpc) is 2.88. The van der Waals surface area contributed by atoms with Crippen molar-refractivity contribution in [2.75, 3.05) is 11.9 Å². The number of halogens is 2. The first-order valence-electron chi connectivity index (χ1n) is 6.14. The van der Waals surface area contributed by atoms with E-state index in [4.69, 9.17) is 28.3 Å². The first-order chi connectivity index (χ1) is 10.1. The van der Waals surface area contributed by atoms with E-state index in [-0.39, 0.29) is 12.5 Å². The van der Waals surface area contributed by atoms with Gasteiger partial charge in [-0.3, -0.25) is 4.79 Å². The fourth-order valence-corrected chi connectivity index (χ4v) is 1.97. The number of amides is 1. The Morgan fingerprint density at radius 2 is 2.10 bits per heavy atom. The molecule has 6 heteroatoms. The summed E-state index contributed by atoms with van der Waals surface area (Å²) in [4.78, 5) is 14.8. The SMILES string of the molecule is O=C(Nc1ccc(Cl)cc1C#CCCO)c1cc(Cl)c[nH]1. The summed E-state index contributed by atoms with van der Waals surface area (Å²) in [6.07, 6.45) is 1.88. The lowest BCUT2D eigenvalue weighted by molar-refractivity contribution is 0.102. The molecule has 0 bridgehead atoms. The van der Waals surface area contributed by atoms with Crippen LogP contribution in [-0.2, 0) is 0 Å². The first-order valence-corrected chi connectivity index (χ1v) is 6.90. The van der Waals surface area contributed by atoms with E-state index < -0.39 is 0 Å². The molecule has 108 valence electrons. The minimum absolute atomic E-state index is 0.0176. The number of hydrogen-bond donors (Lipinski definition) is 3. The highest BCUT2D eigenvalue weighted by molar-refractivity contribution is 6.31. The molecule has 0 fully saturated rings. The van der Waals surface area contributed by atoms with Crippen molar-refractivity contribution in [3.63, 3.8) is 0 Å². The molecule has 1 aromatic carbocycles. The molecule has 1 heterocycles. The van der Waals surface area contributed by atoms with Crippen LogP contribution in [0.4, 0.5) is 5.69 Å². The van der Waals surface area contributed by atoms with Crippen molar-refractivity contribution in [1.29, 1.82) is 0 Å². The number of nitrogens with one attached hydrogen (secondary N) is 2. The van der Waals surface area contributed by atoms with Gasteiger partial charge in [-0.2, -0.15) is 0 Å². The molecule has 1 aromatic heterocycles. The van der Waals surface area contributed by atoms with Crippen LogP contribution in [0.1, 0.15) is 22.5 Å². The summed E-state index contributed by atoms with van der Waals surface area (Å²) in [5, 5.41) is 12.5. The zero-order chi connectivity index (χ0) is 15.2. The largest absolute Gasteiger partial charge is 0.395 e. The third kappa shape index (κ3) is 4.27. The fraction of sp³-hybridized carbons (Fsp3) is 0.133. The van der Waals surface area contributed by atoms with Gasteiger partial charge >= 0.3 is 0 Å². The number of rotatable bonds is 3. The molecule has 2 rings (SSSR count). The van der Waals surface area contributed by atoms with Crippen molar-refractivity contribution in [1.82, 2.24) is 4.98 Å². The van der Waals surface area contributed by atoms with Gasteiger partial charge < -0.3 is 15.4 Å². The molecule has 1 amide bonds. The van der Waals surface area contributed by atoms with Gasteiger partial charge in [-0.05, 0) is 24.3 Å². The smallest absolute Gasteiger partial charge is 0.272 e. The molecule has 0 aliphatic heterocycles. The van der Waals surface area contributed by atoms with Crippen molar-refractivity contribution in [3.8, 4) is 11.8 Å². The summed E-state index contributed by atoms with van der Waals surface area (Å²) in [7, 11) is 0. The number of benzene rings is 1. The number of aliphatic hydroxyl groups is 1. The molecular formula is C15H12Cl2N2O2. The predicted molar refractivity (Wildman–Crippen MR) is 83.8 cm³/mol. The quantitative estimate of drug-likeness (QED) is 0.759. The molecule has 2 aromatic rings. The maximum atomic E-state index is 12.1. The zero-order valence-electron chi connectivity index (χ0n) is 10.9. The Morgan fingerprint density at radius 1 is 1.29 bits per heavy atom. The lowest BCUT2D eigenvalue weighted by atomic mass is 10.1. The van der Waals surface area contributed by atoms with Gasteiger partial charge in [0, 0.05) is 23.2 Å². The Morgan fingerprint density at radius 3 is 2.76 bits per heavy atom. The fourth-order valence-electron chi connectivity index (χ4n) is 1.63. The van der Waals surface area contributed by atoms with Gasteiger partial charge in [0.15, 0.2) is 0 Å². The van der Waals surface area contributed by atoms with E-state index in [0.717, 1.165) is 0 Å². The van der Waals surface area contributed by atoms with E-state index >= 15 is 0 Å². The van der Waals surface area contributed by atoms with Crippen LogP contribution in [0.25, 0.3) is 0 Å². The van der Waals surface area contributed by atoms with E-state index in [1.165, 1.54) is 12.3 Å². The zero-order valence-corrected chi connectivity index (χ0v) is 12.4. The molecular weight excluding hydrogens is 311 g/mol. The molecule has 0 aliphatic rings. The number of carbonyl (C=O) groups is 1. The summed E-state index contributed by atoms with van der Waals surface area (Å²) in [6, 6.07) is 6.52. The monoisotopic (exact) mass is 322 g/mol. The maximum Gasteiger partial charge on any atom is 0.272 e. The van der Waals surface area contributed by atoms with Crippen LogP contribution < -0.4 is 5.32 Å². The van der Waals surface area contributed by atoms with Gasteiger partial charge in [-0.15, -0.1) is 0 Å². The van der Waals surface area contributed by atoms with Gasteiger partial charge in [-0.25, -0.2) is 0 Å². The second kappa shape index (κ2) is 7.19. The van der Waals surface area contributed by atoms with Crippen molar-refractivity contribution in [3.05, 3.63) is 51.8 Å². The van der Waals surface area contributed by atoms with Gasteiger partial charge in [0.25, 0.3) is 5.91 Å². The highest BCUT2D eigenvalue weighted by Crippen LogP contribution is 2.21. The van der Waals surface area contributed by atoms with Crippen LogP contribution in [-0.4, -0.2) is 22.6 Å². The molecule has 4 nitrogen and oxygen atoms in total. The lowest BCUT2D eigenvalue weighted by Crippen LogP contribution is -2.13. The van der Waals surface area contributed by atoms with Crippen LogP contribution in [0.3, 0.4) is 0 Å². The number of carbonyl (C=O) groups excluding carboxylic acids is 1. The van der Waals surface area contributed by atoms with E-state index in [9.17, 15) is 4.79 Å². The summed E-state index contributed by atoms with van der Waals surface area (Å²) in [5.41, 5.74) is 1.48. The Balaban J connectivity index is 2.23. The summed E-state index contributed by atoms with van der Waals surface area (Å²) in [5.74, 6) is 5.34. The topological polar surface area (TPSA) is 65.1 Å². The number of aliphatic hydroxyl groups excluding tert-OH is 1. The summed E-state index contributed by atoms with van der Waals surface area (Å²) in [6.45, 7) is -0.0176. The normalized spacial score (nSPS) is 9.86. The minimum Gasteiger partial charge on any atom is -0.395 e. The minimum atomic E-state index is -0.325. The van der Waals surface area contributed by atoms with Gasteiger partial charge in [0.2, 0.25) is 0 Å². The van der Waals surface area contributed by atoms with Gasteiger partial charge in [0.1, 0.15) is 5.69 Å². The second-order valence-corrected chi connectivity index (χ2v) is 5.02. The van der Waals surface area contributed by atoms with Crippen molar-refractivity contribution < 1.29 is 9.90 Å². The first kappa shape index (κ1) is 15.5. The molecule has 3 N–H and O–H groups in total. The Labute approximate surface area is 132 Å². The molecule has 0 radical (unpaired) electrons. The predicted octanol–water partition coefficient (Wildman–Crippen LogP) is 3.31. The van der Waals surface area contributed by atoms with E-state index in [1.54, 1.807) is 18.2 Å². The number of anilines is 1. The number of hydrogen-bond acceptors (Lipinski definition) is 2. The lowest BCUT2D eigenvalue weighted by Gasteiger charge is -2.07. The van der Waals surface area contributed by atoms with Crippen molar-refractivity contribution >= 4 is 34.8 Å². The van der Waals surface area contributed by atoms with Gasteiger partial charge in [-0.1, -0.05) is 35.0 Å². The molecule has 0 saturated carbocycles. The summed E-state index contributed by atoms with van der Waals surface area (Å²) >= 11 is 11.7. The van der Waals surface area contributed by atoms with Crippen LogP contribution in [0.5, 0.6) is 0 Å². The molecule has 21 heavy (non-hydrogen) atoms. The third-order valence-corrected chi connectivity index (χ3v) is 3.04. The Hall–Kier alpha value is -1.93. The van der Waals surface area contributed by atoms with Crippen molar-refractivity contribution in [2.24, 2.45) is 0 Å². The molecule has 0 spiro atoms. The van der Waals surface area contributed by atoms with Crippen LogP contribution >= 0.6 is 23.2 Å².